The van der Waals surface area contributed by atoms with Gasteiger partial charge in [-0.1, -0.05) is 29.8 Å². The van der Waals surface area contributed by atoms with Crippen LogP contribution in [-0.2, 0) is 4.79 Å². The van der Waals surface area contributed by atoms with Crippen LogP contribution in [0.2, 0.25) is 5.02 Å². The summed E-state index contributed by atoms with van der Waals surface area (Å²) in [6, 6.07) is 6.57. The zero-order valence-corrected chi connectivity index (χ0v) is 9.05. The fraction of sp³-hybridized carbons (Fsp3) is 0.300. The van der Waals surface area contributed by atoms with Crippen LogP contribution in [0.25, 0.3) is 0 Å². The van der Waals surface area contributed by atoms with Gasteiger partial charge in [-0.05, 0) is 11.6 Å². The molecule has 0 aromatic heterocycles. The number of benzene rings is 1. The number of hydrogen-bond acceptors (Lipinski definition) is 3. The fourth-order valence-electron chi connectivity index (χ4n) is 1.47. The molecule has 0 aliphatic rings. The van der Waals surface area contributed by atoms with Gasteiger partial charge in [0.05, 0.1) is 12.3 Å². The maximum Gasteiger partial charge on any atom is 0.304 e. The Morgan fingerprint density at radius 2 is 2.12 bits per heavy atom. The molecule has 1 N–H and O–H groups in total. The third-order valence-electron chi connectivity index (χ3n) is 2.14. The van der Waals surface area contributed by atoms with Crippen molar-refractivity contribution < 1.29 is 14.8 Å². The first kappa shape index (κ1) is 12.4. The molecular weight excluding hydrogens is 234 g/mol. The zero-order chi connectivity index (χ0) is 12.1. The van der Waals surface area contributed by atoms with Crippen LogP contribution in [0.1, 0.15) is 17.9 Å². The molecule has 5 nitrogen and oxygen atoms in total. The lowest BCUT2D eigenvalue weighted by molar-refractivity contribution is -0.483. The molecule has 0 heterocycles. The van der Waals surface area contributed by atoms with Crippen molar-refractivity contribution in [1.82, 2.24) is 0 Å². The maximum atomic E-state index is 10.6. The Morgan fingerprint density at radius 3 is 2.62 bits per heavy atom. The third-order valence-corrected chi connectivity index (χ3v) is 2.48. The standard InChI is InChI=1S/C10H10ClNO4/c11-9-4-2-1-3-8(9)7(5-10(13)14)6-12(15)16/h1-4,7H,5-6H2,(H,13,14)/t7-/m1/s1. The summed E-state index contributed by atoms with van der Waals surface area (Å²) in [5, 5.41) is 19.5. The molecule has 6 heteroatoms. The van der Waals surface area contributed by atoms with E-state index < -0.39 is 23.4 Å². The fourth-order valence-corrected chi connectivity index (χ4v) is 1.76. The number of carboxylic acid groups (broad SMARTS) is 1. The third kappa shape index (κ3) is 3.51. The van der Waals surface area contributed by atoms with Crippen molar-refractivity contribution in [3.63, 3.8) is 0 Å². The largest absolute Gasteiger partial charge is 0.481 e. The molecule has 0 radical (unpaired) electrons. The van der Waals surface area contributed by atoms with Crippen LogP contribution in [0.15, 0.2) is 24.3 Å². The Kier molecular flexibility index (Phi) is 4.25. The molecule has 86 valence electrons. The van der Waals surface area contributed by atoms with Crippen LogP contribution in [0, 0.1) is 10.1 Å². The number of carbonyl (C=O) groups is 1. The number of hydrogen-bond donors (Lipinski definition) is 1. The van der Waals surface area contributed by atoms with Crippen molar-refractivity contribution in [2.45, 2.75) is 12.3 Å². The van der Waals surface area contributed by atoms with Gasteiger partial charge in [0, 0.05) is 9.95 Å². The summed E-state index contributed by atoms with van der Waals surface area (Å²) in [4.78, 5) is 20.5. The van der Waals surface area contributed by atoms with Gasteiger partial charge in [-0.3, -0.25) is 14.9 Å². The topological polar surface area (TPSA) is 80.4 Å². The van der Waals surface area contributed by atoms with E-state index in [1.54, 1.807) is 24.3 Å². The molecule has 1 aromatic rings. The summed E-state index contributed by atoms with van der Waals surface area (Å²) in [7, 11) is 0. The van der Waals surface area contributed by atoms with E-state index in [0.717, 1.165) is 0 Å². The molecule has 0 spiro atoms. The van der Waals surface area contributed by atoms with Crippen LogP contribution < -0.4 is 0 Å². The molecule has 0 aliphatic heterocycles. The molecule has 0 bridgehead atoms. The molecule has 0 amide bonds. The highest BCUT2D eigenvalue weighted by Crippen LogP contribution is 2.27. The van der Waals surface area contributed by atoms with Crippen molar-refractivity contribution >= 4 is 17.6 Å². The minimum absolute atomic E-state index is 0.301. The smallest absolute Gasteiger partial charge is 0.304 e. The number of aliphatic carboxylic acids is 1. The average molecular weight is 244 g/mol. The molecule has 1 aromatic carbocycles. The molecule has 0 saturated heterocycles. The Morgan fingerprint density at radius 1 is 1.50 bits per heavy atom. The van der Waals surface area contributed by atoms with Gasteiger partial charge in [-0.25, -0.2) is 0 Å². The van der Waals surface area contributed by atoms with Gasteiger partial charge in [0.25, 0.3) is 0 Å². The molecular formula is C10H10ClNO4. The van der Waals surface area contributed by atoms with Gasteiger partial charge in [0.15, 0.2) is 0 Å². The highest BCUT2D eigenvalue weighted by atomic mass is 35.5. The summed E-state index contributed by atoms with van der Waals surface area (Å²) >= 11 is 5.87. The average Bonchev–Trinajstić information content (AvgIpc) is 2.15. The van der Waals surface area contributed by atoms with Crippen LogP contribution in [-0.4, -0.2) is 22.5 Å². The van der Waals surface area contributed by atoms with Gasteiger partial charge in [0.2, 0.25) is 6.54 Å². The maximum absolute atomic E-state index is 10.6. The van der Waals surface area contributed by atoms with Crippen molar-refractivity contribution in [3.05, 3.63) is 45.0 Å². The van der Waals surface area contributed by atoms with Crippen molar-refractivity contribution in [2.75, 3.05) is 6.54 Å². The van der Waals surface area contributed by atoms with Gasteiger partial charge in [-0.15, -0.1) is 0 Å². The quantitative estimate of drug-likeness (QED) is 0.635. The van der Waals surface area contributed by atoms with E-state index in [-0.39, 0.29) is 6.42 Å². The second-order valence-electron chi connectivity index (χ2n) is 3.33. The summed E-state index contributed by atoms with van der Waals surface area (Å²) in [5.74, 6) is -1.77. The highest BCUT2D eigenvalue weighted by molar-refractivity contribution is 6.31. The van der Waals surface area contributed by atoms with Gasteiger partial charge in [0.1, 0.15) is 0 Å². The van der Waals surface area contributed by atoms with E-state index in [2.05, 4.69) is 0 Å². The lowest BCUT2D eigenvalue weighted by Gasteiger charge is -2.12. The predicted molar refractivity (Wildman–Crippen MR) is 58.3 cm³/mol. The highest BCUT2D eigenvalue weighted by Gasteiger charge is 2.22. The molecule has 0 aliphatic carbocycles. The molecule has 0 fully saturated rings. The lowest BCUT2D eigenvalue weighted by atomic mass is 9.96. The number of nitrogens with zero attached hydrogens (tertiary/aromatic N) is 1. The summed E-state index contributed by atoms with van der Waals surface area (Å²) in [6.45, 7) is -0.434. The van der Waals surface area contributed by atoms with E-state index in [1.165, 1.54) is 0 Å². The molecule has 1 rings (SSSR count). The number of rotatable bonds is 5. The van der Waals surface area contributed by atoms with E-state index >= 15 is 0 Å². The van der Waals surface area contributed by atoms with Crippen LogP contribution in [0.5, 0.6) is 0 Å². The molecule has 0 unspecified atom stereocenters. The number of carboxylic acids is 1. The van der Waals surface area contributed by atoms with Crippen LogP contribution >= 0.6 is 11.6 Å². The Bertz CT molecular complexity index is 392. The van der Waals surface area contributed by atoms with E-state index in [0.29, 0.717) is 10.6 Å². The van der Waals surface area contributed by atoms with Crippen molar-refractivity contribution in [3.8, 4) is 0 Å². The summed E-state index contributed by atoms with van der Waals surface area (Å²) in [5.41, 5.74) is 0.503. The minimum Gasteiger partial charge on any atom is -0.481 e. The predicted octanol–water partition coefficient (Wildman–Crippen LogP) is 2.17. The second-order valence-corrected chi connectivity index (χ2v) is 3.74. The van der Waals surface area contributed by atoms with Crippen molar-refractivity contribution in [1.29, 1.82) is 0 Å². The van der Waals surface area contributed by atoms with E-state index in [4.69, 9.17) is 16.7 Å². The van der Waals surface area contributed by atoms with Crippen molar-refractivity contribution in [2.24, 2.45) is 0 Å². The Balaban J connectivity index is 2.96. The minimum atomic E-state index is -1.08. The van der Waals surface area contributed by atoms with Gasteiger partial charge < -0.3 is 5.11 Å². The second kappa shape index (κ2) is 5.46. The van der Waals surface area contributed by atoms with E-state index in [1.807, 2.05) is 0 Å². The van der Waals surface area contributed by atoms with Gasteiger partial charge in [-0.2, -0.15) is 0 Å². The van der Waals surface area contributed by atoms with E-state index in [9.17, 15) is 14.9 Å². The van der Waals surface area contributed by atoms with Crippen LogP contribution in [0.4, 0.5) is 0 Å². The van der Waals surface area contributed by atoms with Gasteiger partial charge >= 0.3 is 5.97 Å². The lowest BCUT2D eigenvalue weighted by Crippen LogP contribution is -2.16. The Labute approximate surface area is 96.8 Å². The Hall–Kier alpha value is -1.62. The monoisotopic (exact) mass is 243 g/mol. The number of halogens is 1. The first-order valence-corrected chi connectivity index (χ1v) is 4.96. The molecule has 1 atom stereocenters. The molecule has 0 saturated carbocycles. The number of nitro groups is 1. The first-order chi connectivity index (χ1) is 7.50. The molecule has 16 heavy (non-hydrogen) atoms. The first-order valence-electron chi connectivity index (χ1n) is 4.58. The SMILES string of the molecule is O=C(O)C[C@H](C[N+](=O)[O-])c1ccccc1Cl. The normalized spacial score (nSPS) is 12.1. The summed E-state index contributed by atoms with van der Waals surface area (Å²) < 4.78 is 0. The van der Waals surface area contributed by atoms with Crippen LogP contribution in [0.3, 0.4) is 0 Å². The zero-order valence-electron chi connectivity index (χ0n) is 8.30. The summed E-state index contributed by atoms with van der Waals surface area (Å²) in [6.07, 6.45) is -0.301.